The van der Waals surface area contributed by atoms with E-state index >= 15 is 0 Å². The SMILES string of the molecule is C=CCCCC(=O)c1cnc2ccccc2n1. The van der Waals surface area contributed by atoms with Crippen molar-refractivity contribution in [2.24, 2.45) is 0 Å². The molecule has 86 valence electrons. The van der Waals surface area contributed by atoms with Gasteiger partial charge in [-0.25, -0.2) is 4.98 Å². The summed E-state index contributed by atoms with van der Waals surface area (Å²) in [6.07, 6.45) is 5.54. The molecule has 0 spiro atoms. The van der Waals surface area contributed by atoms with E-state index in [1.807, 2.05) is 30.3 Å². The van der Waals surface area contributed by atoms with Crippen molar-refractivity contribution in [2.45, 2.75) is 19.3 Å². The number of hydrogen-bond donors (Lipinski definition) is 0. The second kappa shape index (κ2) is 5.34. The summed E-state index contributed by atoms with van der Waals surface area (Å²) in [5.74, 6) is 0.0464. The Hall–Kier alpha value is -2.03. The third-order valence-corrected chi connectivity index (χ3v) is 2.55. The number of hydrogen-bond acceptors (Lipinski definition) is 3. The fourth-order valence-corrected chi connectivity index (χ4v) is 1.63. The standard InChI is InChI=1S/C14H14N2O/c1-2-3-4-9-14(17)13-10-15-11-7-5-6-8-12(11)16-13/h2,5-8,10H,1,3-4,9H2. The Kier molecular flexibility index (Phi) is 3.60. The van der Waals surface area contributed by atoms with E-state index < -0.39 is 0 Å². The fourth-order valence-electron chi connectivity index (χ4n) is 1.63. The summed E-state index contributed by atoms with van der Waals surface area (Å²) >= 11 is 0. The van der Waals surface area contributed by atoms with Gasteiger partial charge in [-0.05, 0) is 25.0 Å². The van der Waals surface area contributed by atoms with Crippen LogP contribution in [0.1, 0.15) is 29.8 Å². The first-order valence-electron chi connectivity index (χ1n) is 5.67. The first-order valence-corrected chi connectivity index (χ1v) is 5.67. The average Bonchev–Trinajstić information content (AvgIpc) is 2.38. The molecule has 0 fully saturated rings. The molecule has 3 heteroatoms. The molecule has 17 heavy (non-hydrogen) atoms. The Bertz CT molecular complexity index is 549. The monoisotopic (exact) mass is 226 g/mol. The van der Waals surface area contributed by atoms with E-state index in [0.717, 1.165) is 23.9 Å². The smallest absolute Gasteiger partial charge is 0.182 e. The second-order valence-corrected chi connectivity index (χ2v) is 3.85. The number of nitrogens with zero attached hydrogens (tertiary/aromatic N) is 2. The Balaban J connectivity index is 2.18. The van der Waals surface area contributed by atoms with Gasteiger partial charge in [0, 0.05) is 6.42 Å². The molecule has 3 nitrogen and oxygen atoms in total. The predicted octanol–water partition coefficient (Wildman–Crippen LogP) is 3.17. The van der Waals surface area contributed by atoms with Crippen molar-refractivity contribution in [3.05, 3.63) is 48.8 Å². The normalized spacial score (nSPS) is 10.4. The summed E-state index contributed by atoms with van der Waals surface area (Å²) in [7, 11) is 0. The highest BCUT2D eigenvalue weighted by molar-refractivity contribution is 5.95. The van der Waals surface area contributed by atoms with Gasteiger partial charge < -0.3 is 0 Å². The molecule has 0 bridgehead atoms. The Morgan fingerprint density at radius 2 is 2.06 bits per heavy atom. The number of para-hydroxylation sites is 2. The number of aromatic nitrogens is 2. The Morgan fingerprint density at radius 3 is 2.82 bits per heavy atom. The molecule has 0 aliphatic carbocycles. The second-order valence-electron chi connectivity index (χ2n) is 3.85. The van der Waals surface area contributed by atoms with Crippen molar-refractivity contribution in [3.63, 3.8) is 0 Å². The van der Waals surface area contributed by atoms with Crippen molar-refractivity contribution < 1.29 is 4.79 Å². The zero-order chi connectivity index (χ0) is 12.1. The zero-order valence-corrected chi connectivity index (χ0v) is 9.60. The van der Waals surface area contributed by atoms with Gasteiger partial charge in [0.15, 0.2) is 5.78 Å². The van der Waals surface area contributed by atoms with Crippen LogP contribution in [0.15, 0.2) is 43.1 Å². The van der Waals surface area contributed by atoms with Crippen LogP contribution in [0.4, 0.5) is 0 Å². The largest absolute Gasteiger partial charge is 0.292 e. The molecule has 0 unspecified atom stereocenters. The van der Waals surface area contributed by atoms with Gasteiger partial charge in [0.1, 0.15) is 5.69 Å². The van der Waals surface area contributed by atoms with Crippen LogP contribution < -0.4 is 0 Å². The van der Waals surface area contributed by atoms with Crippen molar-refractivity contribution in [3.8, 4) is 0 Å². The van der Waals surface area contributed by atoms with E-state index in [-0.39, 0.29) is 5.78 Å². The first-order chi connectivity index (χ1) is 8.31. The molecule has 0 aliphatic rings. The molecule has 1 aromatic heterocycles. The molecule has 0 saturated carbocycles. The van der Waals surface area contributed by atoms with Crippen LogP contribution in [0.5, 0.6) is 0 Å². The Labute approximate surface area is 100 Å². The molecule has 1 aromatic carbocycles. The maximum Gasteiger partial charge on any atom is 0.182 e. The molecule has 1 heterocycles. The Morgan fingerprint density at radius 1 is 1.29 bits per heavy atom. The summed E-state index contributed by atoms with van der Waals surface area (Å²) in [6.45, 7) is 3.63. The summed E-state index contributed by atoms with van der Waals surface area (Å²) in [5, 5.41) is 0. The number of ketones is 1. The van der Waals surface area contributed by atoms with Crippen LogP contribution in [0, 0.1) is 0 Å². The summed E-state index contributed by atoms with van der Waals surface area (Å²) in [5.41, 5.74) is 2.03. The summed E-state index contributed by atoms with van der Waals surface area (Å²) in [6, 6.07) is 7.54. The lowest BCUT2D eigenvalue weighted by molar-refractivity contribution is 0.0975. The predicted molar refractivity (Wildman–Crippen MR) is 67.9 cm³/mol. The van der Waals surface area contributed by atoms with E-state index in [1.165, 1.54) is 0 Å². The fraction of sp³-hybridized carbons (Fsp3) is 0.214. The third kappa shape index (κ3) is 2.75. The number of allylic oxidation sites excluding steroid dienone is 1. The summed E-state index contributed by atoms with van der Waals surface area (Å²) in [4.78, 5) is 20.4. The molecule has 2 rings (SSSR count). The van der Waals surface area contributed by atoms with Gasteiger partial charge in [0.05, 0.1) is 17.2 Å². The van der Waals surface area contributed by atoms with Gasteiger partial charge in [0.2, 0.25) is 0 Å². The number of rotatable bonds is 5. The zero-order valence-electron chi connectivity index (χ0n) is 9.60. The molecule has 2 aromatic rings. The average molecular weight is 226 g/mol. The van der Waals surface area contributed by atoms with E-state index in [0.29, 0.717) is 12.1 Å². The van der Waals surface area contributed by atoms with Gasteiger partial charge in [-0.1, -0.05) is 18.2 Å². The highest BCUT2D eigenvalue weighted by Gasteiger charge is 2.08. The maximum atomic E-state index is 11.8. The van der Waals surface area contributed by atoms with Crippen molar-refractivity contribution in [2.75, 3.05) is 0 Å². The maximum absolute atomic E-state index is 11.8. The molecular weight excluding hydrogens is 212 g/mol. The van der Waals surface area contributed by atoms with Crippen LogP contribution in [0.25, 0.3) is 11.0 Å². The van der Waals surface area contributed by atoms with Crippen molar-refractivity contribution in [1.82, 2.24) is 9.97 Å². The first kappa shape index (κ1) is 11.5. The molecule has 0 atom stereocenters. The number of carbonyl (C=O) groups excluding carboxylic acids is 1. The molecule has 0 saturated heterocycles. The molecule has 0 radical (unpaired) electrons. The molecule has 0 N–H and O–H groups in total. The molecule has 0 amide bonds. The lowest BCUT2D eigenvalue weighted by atomic mass is 10.1. The van der Waals surface area contributed by atoms with Crippen LogP contribution in [-0.4, -0.2) is 15.8 Å². The van der Waals surface area contributed by atoms with Crippen LogP contribution >= 0.6 is 0 Å². The van der Waals surface area contributed by atoms with E-state index in [9.17, 15) is 4.79 Å². The number of carbonyl (C=O) groups is 1. The molecule has 0 aliphatic heterocycles. The quantitative estimate of drug-likeness (QED) is 0.447. The third-order valence-electron chi connectivity index (χ3n) is 2.55. The minimum atomic E-state index is 0.0464. The lowest BCUT2D eigenvalue weighted by Crippen LogP contribution is -2.03. The minimum absolute atomic E-state index is 0.0464. The minimum Gasteiger partial charge on any atom is -0.292 e. The number of benzene rings is 1. The van der Waals surface area contributed by atoms with Gasteiger partial charge in [-0.15, -0.1) is 6.58 Å². The van der Waals surface area contributed by atoms with E-state index in [4.69, 9.17) is 0 Å². The summed E-state index contributed by atoms with van der Waals surface area (Å²) < 4.78 is 0. The highest BCUT2D eigenvalue weighted by Crippen LogP contribution is 2.10. The number of Topliss-reactive ketones (excluding diaryl/α,β-unsaturated/α-hetero) is 1. The van der Waals surface area contributed by atoms with E-state index in [1.54, 1.807) is 6.20 Å². The van der Waals surface area contributed by atoms with Gasteiger partial charge in [-0.2, -0.15) is 0 Å². The highest BCUT2D eigenvalue weighted by atomic mass is 16.1. The topological polar surface area (TPSA) is 42.9 Å². The van der Waals surface area contributed by atoms with Crippen LogP contribution in [0.3, 0.4) is 0 Å². The van der Waals surface area contributed by atoms with Gasteiger partial charge in [0.25, 0.3) is 0 Å². The lowest BCUT2D eigenvalue weighted by Gasteiger charge is -2.01. The van der Waals surface area contributed by atoms with Gasteiger partial charge >= 0.3 is 0 Å². The van der Waals surface area contributed by atoms with Crippen LogP contribution in [-0.2, 0) is 0 Å². The van der Waals surface area contributed by atoms with Gasteiger partial charge in [-0.3, -0.25) is 9.78 Å². The van der Waals surface area contributed by atoms with E-state index in [2.05, 4.69) is 16.5 Å². The van der Waals surface area contributed by atoms with Crippen LogP contribution in [0.2, 0.25) is 0 Å². The number of fused-ring (bicyclic) bond motifs is 1. The van der Waals surface area contributed by atoms with Crippen molar-refractivity contribution in [1.29, 1.82) is 0 Å². The number of unbranched alkanes of at least 4 members (excludes halogenated alkanes) is 1. The van der Waals surface area contributed by atoms with Crippen molar-refractivity contribution >= 4 is 16.8 Å². The molecular formula is C14H14N2O.